The predicted octanol–water partition coefficient (Wildman–Crippen LogP) is 2.52. The Morgan fingerprint density at radius 1 is 1.38 bits per heavy atom. The van der Waals surface area contributed by atoms with Crippen molar-refractivity contribution in [3.8, 4) is 5.75 Å². The zero-order valence-corrected chi connectivity index (χ0v) is 13.0. The van der Waals surface area contributed by atoms with Gasteiger partial charge >= 0.3 is 0 Å². The number of hydrogen-bond donors (Lipinski definition) is 1. The number of nitrogens with zero attached hydrogens (tertiary/aromatic N) is 1. The van der Waals surface area contributed by atoms with Gasteiger partial charge in [0.1, 0.15) is 5.75 Å². The second-order valence-electron chi connectivity index (χ2n) is 5.63. The molecule has 1 saturated heterocycles. The highest BCUT2D eigenvalue weighted by Gasteiger charge is 2.15. The van der Waals surface area contributed by atoms with Gasteiger partial charge in [0.15, 0.2) is 0 Å². The maximum absolute atomic E-state index is 12.0. The lowest BCUT2D eigenvalue weighted by molar-refractivity contribution is -0.116. The predicted molar refractivity (Wildman–Crippen MR) is 84.1 cm³/mol. The van der Waals surface area contributed by atoms with Crippen molar-refractivity contribution in [2.24, 2.45) is 5.92 Å². The quantitative estimate of drug-likeness (QED) is 0.906. The van der Waals surface area contributed by atoms with Gasteiger partial charge in [0, 0.05) is 25.2 Å². The number of anilines is 2. The molecule has 1 aromatic rings. The summed E-state index contributed by atoms with van der Waals surface area (Å²) in [4.78, 5) is 14.2. The minimum absolute atomic E-state index is 0.0161. The molecule has 0 unspecified atom stereocenters. The van der Waals surface area contributed by atoms with Gasteiger partial charge in [-0.3, -0.25) is 4.79 Å². The molecule has 1 aliphatic heterocycles. The van der Waals surface area contributed by atoms with E-state index in [-0.39, 0.29) is 5.91 Å². The highest BCUT2D eigenvalue weighted by Crippen LogP contribution is 2.30. The molecule has 21 heavy (non-hydrogen) atoms. The molecule has 1 aromatic carbocycles. The number of amides is 1. The Bertz CT molecular complexity index is 482. The summed E-state index contributed by atoms with van der Waals surface area (Å²) in [6.45, 7) is 7.27. The SMILES string of the molecule is COc1ccc(N2CCOCC2)cc1NC(=O)CC(C)C. The van der Waals surface area contributed by atoms with Crippen LogP contribution in [0.15, 0.2) is 18.2 Å². The van der Waals surface area contributed by atoms with E-state index in [1.165, 1.54) is 0 Å². The summed E-state index contributed by atoms with van der Waals surface area (Å²) >= 11 is 0. The number of morpholine rings is 1. The molecule has 0 bridgehead atoms. The highest BCUT2D eigenvalue weighted by atomic mass is 16.5. The molecule has 0 radical (unpaired) electrons. The third-order valence-electron chi connectivity index (χ3n) is 3.43. The molecule has 1 aliphatic rings. The third kappa shape index (κ3) is 4.36. The number of hydrogen-bond acceptors (Lipinski definition) is 4. The first kappa shape index (κ1) is 15.6. The van der Waals surface area contributed by atoms with Crippen LogP contribution in [0.3, 0.4) is 0 Å². The van der Waals surface area contributed by atoms with Crippen LogP contribution in [0.5, 0.6) is 5.75 Å². The van der Waals surface area contributed by atoms with E-state index in [1.54, 1.807) is 7.11 Å². The molecule has 0 saturated carbocycles. The van der Waals surface area contributed by atoms with Gasteiger partial charge in [-0.2, -0.15) is 0 Å². The van der Waals surface area contributed by atoms with Crippen LogP contribution in [-0.4, -0.2) is 39.3 Å². The van der Waals surface area contributed by atoms with Crippen LogP contribution in [-0.2, 0) is 9.53 Å². The summed E-state index contributed by atoms with van der Waals surface area (Å²) in [7, 11) is 1.61. The monoisotopic (exact) mass is 292 g/mol. The number of carbonyl (C=O) groups excluding carboxylic acids is 1. The number of nitrogens with one attached hydrogen (secondary N) is 1. The third-order valence-corrected chi connectivity index (χ3v) is 3.43. The molecule has 5 heteroatoms. The first-order valence-electron chi connectivity index (χ1n) is 7.40. The van der Waals surface area contributed by atoms with Crippen molar-refractivity contribution in [2.75, 3.05) is 43.6 Å². The van der Waals surface area contributed by atoms with Crippen LogP contribution in [0.25, 0.3) is 0 Å². The topological polar surface area (TPSA) is 50.8 Å². The Kier molecular flexibility index (Phi) is 5.44. The Labute approximate surface area is 126 Å². The van der Waals surface area contributed by atoms with Gasteiger partial charge < -0.3 is 19.7 Å². The minimum atomic E-state index is 0.0161. The van der Waals surface area contributed by atoms with Gasteiger partial charge in [-0.15, -0.1) is 0 Å². The van der Waals surface area contributed by atoms with E-state index >= 15 is 0 Å². The molecular weight excluding hydrogens is 268 g/mol. The molecule has 0 aromatic heterocycles. The largest absolute Gasteiger partial charge is 0.495 e. The van der Waals surface area contributed by atoms with E-state index in [9.17, 15) is 4.79 Å². The second kappa shape index (κ2) is 7.31. The summed E-state index contributed by atoms with van der Waals surface area (Å²) in [5.41, 5.74) is 1.81. The molecule has 1 heterocycles. The van der Waals surface area contributed by atoms with Crippen molar-refractivity contribution >= 4 is 17.3 Å². The van der Waals surface area contributed by atoms with Gasteiger partial charge in [-0.25, -0.2) is 0 Å². The molecular formula is C16H24N2O3. The fourth-order valence-electron chi connectivity index (χ4n) is 2.38. The molecule has 1 fully saturated rings. The first-order valence-corrected chi connectivity index (χ1v) is 7.40. The van der Waals surface area contributed by atoms with Crippen molar-refractivity contribution in [3.63, 3.8) is 0 Å². The van der Waals surface area contributed by atoms with Gasteiger partial charge in [0.25, 0.3) is 0 Å². The lowest BCUT2D eigenvalue weighted by atomic mass is 10.1. The van der Waals surface area contributed by atoms with Gasteiger partial charge in [-0.05, 0) is 24.1 Å². The van der Waals surface area contributed by atoms with Crippen LogP contribution >= 0.6 is 0 Å². The maximum atomic E-state index is 12.0. The van der Waals surface area contributed by atoms with E-state index in [1.807, 2.05) is 32.0 Å². The number of methoxy groups -OCH3 is 1. The van der Waals surface area contributed by atoms with Crippen LogP contribution < -0.4 is 15.0 Å². The molecule has 2 rings (SSSR count). The molecule has 0 aliphatic carbocycles. The van der Waals surface area contributed by atoms with Crippen LogP contribution in [0, 0.1) is 5.92 Å². The Balaban J connectivity index is 2.15. The summed E-state index contributed by atoms with van der Waals surface area (Å²) in [6.07, 6.45) is 0.505. The summed E-state index contributed by atoms with van der Waals surface area (Å²) < 4.78 is 10.7. The average Bonchev–Trinajstić information content (AvgIpc) is 2.47. The zero-order chi connectivity index (χ0) is 15.2. The van der Waals surface area contributed by atoms with Gasteiger partial charge in [0.05, 0.1) is 26.0 Å². The Morgan fingerprint density at radius 2 is 2.10 bits per heavy atom. The van der Waals surface area contributed by atoms with Crippen molar-refractivity contribution < 1.29 is 14.3 Å². The van der Waals surface area contributed by atoms with Crippen LogP contribution in [0.1, 0.15) is 20.3 Å². The molecule has 0 atom stereocenters. The van der Waals surface area contributed by atoms with Crippen LogP contribution in [0.4, 0.5) is 11.4 Å². The number of carbonyl (C=O) groups is 1. The molecule has 1 amide bonds. The van der Waals surface area contributed by atoms with E-state index in [2.05, 4.69) is 10.2 Å². The number of ether oxygens (including phenoxy) is 2. The van der Waals surface area contributed by atoms with Crippen LogP contribution in [0.2, 0.25) is 0 Å². The standard InChI is InChI=1S/C16H24N2O3/c1-12(2)10-16(19)17-14-11-13(4-5-15(14)20-3)18-6-8-21-9-7-18/h4-5,11-12H,6-10H2,1-3H3,(H,17,19). The van der Waals surface area contributed by atoms with Crippen molar-refractivity contribution in [2.45, 2.75) is 20.3 Å². The van der Waals surface area contributed by atoms with Crippen molar-refractivity contribution in [1.82, 2.24) is 0 Å². The summed E-state index contributed by atoms with van der Waals surface area (Å²) in [5, 5.41) is 2.95. The highest BCUT2D eigenvalue weighted by molar-refractivity contribution is 5.93. The van der Waals surface area contributed by atoms with E-state index in [0.717, 1.165) is 37.7 Å². The molecule has 116 valence electrons. The zero-order valence-electron chi connectivity index (χ0n) is 13.0. The van der Waals surface area contributed by atoms with E-state index < -0.39 is 0 Å². The van der Waals surface area contributed by atoms with E-state index in [4.69, 9.17) is 9.47 Å². The lowest BCUT2D eigenvalue weighted by Crippen LogP contribution is -2.36. The maximum Gasteiger partial charge on any atom is 0.224 e. The number of rotatable bonds is 5. The molecule has 0 spiro atoms. The minimum Gasteiger partial charge on any atom is -0.495 e. The molecule has 5 nitrogen and oxygen atoms in total. The fourth-order valence-corrected chi connectivity index (χ4v) is 2.38. The van der Waals surface area contributed by atoms with Gasteiger partial charge in [-0.1, -0.05) is 13.8 Å². The van der Waals surface area contributed by atoms with E-state index in [0.29, 0.717) is 18.1 Å². The summed E-state index contributed by atoms with van der Waals surface area (Å²) in [5.74, 6) is 1.03. The smallest absolute Gasteiger partial charge is 0.224 e. The van der Waals surface area contributed by atoms with Crippen molar-refractivity contribution in [1.29, 1.82) is 0 Å². The second-order valence-corrected chi connectivity index (χ2v) is 5.63. The molecule has 1 N–H and O–H groups in total. The average molecular weight is 292 g/mol. The lowest BCUT2D eigenvalue weighted by Gasteiger charge is -2.29. The Morgan fingerprint density at radius 3 is 2.71 bits per heavy atom. The summed E-state index contributed by atoms with van der Waals surface area (Å²) in [6, 6.07) is 5.89. The normalized spacial score (nSPS) is 15.1. The first-order chi connectivity index (χ1) is 10.1. The van der Waals surface area contributed by atoms with Crippen molar-refractivity contribution in [3.05, 3.63) is 18.2 Å². The van der Waals surface area contributed by atoms with Gasteiger partial charge in [0.2, 0.25) is 5.91 Å². The fraction of sp³-hybridized carbons (Fsp3) is 0.562. The Hall–Kier alpha value is -1.75. The number of benzene rings is 1.